The van der Waals surface area contributed by atoms with E-state index < -0.39 is 0 Å². The molecule has 0 amide bonds. The van der Waals surface area contributed by atoms with E-state index >= 15 is 0 Å². The number of aromatic nitrogens is 1. The Bertz CT molecular complexity index is 726. The second-order valence-corrected chi connectivity index (χ2v) is 5.07. The molecule has 0 aliphatic rings. The lowest BCUT2D eigenvalue weighted by Gasteiger charge is -2.20. The Balaban J connectivity index is 2.07. The normalized spacial score (nSPS) is 10.9. The van der Waals surface area contributed by atoms with Crippen molar-refractivity contribution >= 4 is 22.3 Å². The number of hydrogen-bond donors (Lipinski definition) is 2. The summed E-state index contributed by atoms with van der Waals surface area (Å²) in [5.74, 6) is 0. The fourth-order valence-corrected chi connectivity index (χ4v) is 2.68. The molecule has 0 fully saturated rings. The van der Waals surface area contributed by atoms with Crippen LogP contribution in [0.1, 0.15) is 11.3 Å². The maximum atomic E-state index is 5.65. The van der Waals surface area contributed by atoms with E-state index in [0.717, 1.165) is 11.3 Å². The molecule has 0 unspecified atom stereocenters. The van der Waals surface area contributed by atoms with Crippen LogP contribution in [-0.2, 0) is 6.54 Å². The van der Waals surface area contributed by atoms with E-state index in [9.17, 15) is 0 Å². The number of hydrogen-bond acceptors (Lipinski definition) is 2. The number of anilines is 2. The molecule has 0 bridgehead atoms. The Morgan fingerprint density at radius 1 is 1.05 bits per heavy atom. The molecule has 3 heteroatoms. The van der Waals surface area contributed by atoms with Crippen LogP contribution >= 0.6 is 0 Å². The van der Waals surface area contributed by atoms with Crippen molar-refractivity contribution in [2.45, 2.75) is 13.5 Å². The van der Waals surface area contributed by atoms with Crippen molar-refractivity contribution in [2.24, 2.45) is 5.73 Å². The van der Waals surface area contributed by atoms with E-state index in [1.807, 2.05) is 0 Å². The number of nitrogens with one attached hydrogen (secondary N) is 1. The molecule has 0 radical (unpaired) electrons. The highest BCUT2D eigenvalue weighted by atomic mass is 15.1. The average Bonchev–Trinajstić information content (AvgIpc) is 2.82. The lowest BCUT2D eigenvalue weighted by molar-refractivity contribution is 1.07. The monoisotopic (exact) mass is 265 g/mol. The molecule has 0 aliphatic heterocycles. The Kier molecular flexibility index (Phi) is 3.20. The molecule has 3 rings (SSSR count). The smallest absolute Gasteiger partial charge is 0.0696 e. The highest BCUT2D eigenvalue weighted by molar-refractivity contribution is 5.96. The minimum absolute atomic E-state index is 0.579. The zero-order chi connectivity index (χ0) is 14.1. The van der Waals surface area contributed by atoms with Crippen molar-refractivity contribution in [3.05, 3.63) is 59.8 Å². The first-order valence-corrected chi connectivity index (χ1v) is 6.80. The molecule has 3 N–H and O–H groups in total. The molecular weight excluding hydrogens is 246 g/mol. The van der Waals surface area contributed by atoms with Gasteiger partial charge in [0.25, 0.3) is 0 Å². The first-order chi connectivity index (χ1) is 9.70. The predicted molar refractivity (Wildman–Crippen MR) is 85.4 cm³/mol. The molecule has 1 aromatic heterocycles. The van der Waals surface area contributed by atoms with Crippen LogP contribution in [0.15, 0.2) is 48.5 Å². The summed E-state index contributed by atoms with van der Waals surface area (Å²) in [5.41, 5.74) is 11.5. The Morgan fingerprint density at radius 3 is 2.45 bits per heavy atom. The number of rotatable bonds is 3. The number of fused-ring (bicyclic) bond motifs is 1. The minimum atomic E-state index is 0.579. The van der Waals surface area contributed by atoms with Gasteiger partial charge in [-0.3, -0.25) is 0 Å². The first kappa shape index (κ1) is 12.8. The average molecular weight is 265 g/mol. The van der Waals surface area contributed by atoms with Crippen LogP contribution in [0.3, 0.4) is 0 Å². The van der Waals surface area contributed by atoms with E-state index in [1.165, 1.54) is 22.3 Å². The number of benzene rings is 2. The van der Waals surface area contributed by atoms with Gasteiger partial charge in [0.05, 0.1) is 5.69 Å². The van der Waals surface area contributed by atoms with Gasteiger partial charge in [-0.15, -0.1) is 0 Å². The zero-order valence-electron chi connectivity index (χ0n) is 11.9. The maximum absolute atomic E-state index is 5.65. The molecule has 0 saturated heterocycles. The molecular formula is C17H19N3. The number of H-pyrrole nitrogens is 1. The van der Waals surface area contributed by atoms with Gasteiger partial charge in [0.15, 0.2) is 0 Å². The molecule has 3 aromatic rings. The molecule has 3 nitrogen and oxygen atoms in total. The standard InChI is InChI=1S/C17H19N3/c1-12-17(15-5-3-4-6-16(15)19-12)20(2)14-9-7-13(11-18)8-10-14/h3-10,19H,11,18H2,1-2H3. The highest BCUT2D eigenvalue weighted by Gasteiger charge is 2.13. The quantitative estimate of drug-likeness (QED) is 0.758. The van der Waals surface area contributed by atoms with Crippen molar-refractivity contribution in [2.75, 3.05) is 11.9 Å². The van der Waals surface area contributed by atoms with Crippen LogP contribution < -0.4 is 10.6 Å². The van der Waals surface area contributed by atoms with Gasteiger partial charge < -0.3 is 15.6 Å². The van der Waals surface area contributed by atoms with E-state index in [-0.39, 0.29) is 0 Å². The maximum Gasteiger partial charge on any atom is 0.0696 e. The van der Waals surface area contributed by atoms with Crippen molar-refractivity contribution in [1.29, 1.82) is 0 Å². The highest BCUT2D eigenvalue weighted by Crippen LogP contribution is 2.34. The summed E-state index contributed by atoms with van der Waals surface area (Å²) in [5, 5.41) is 1.25. The SMILES string of the molecule is Cc1[nH]c2ccccc2c1N(C)c1ccc(CN)cc1. The van der Waals surface area contributed by atoms with Crippen LogP contribution in [0.25, 0.3) is 10.9 Å². The Labute approximate surface area is 119 Å². The van der Waals surface area contributed by atoms with E-state index in [1.54, 1.807) is 0 Å². The molecule has 2 aromatic carbocycles. The molecule has 1 heterocycles. The van der Waals surface area contributed by atoms with Crippen LogP contribution in [0.4, 0.5) is 11.4 Å². The fraction of sp³-hybridized carbons (Fsp3) is 0.176. The van der Waals surface area contributed by atoms with E-state index in [4.69, 9.17) is 5.73 Å². The van der Waals surface area contributed by atoms with Gasteiger partial charge in [-0.05, 0) is 30.7 Å². The third-order valence-corrected chi connectivity index (χ3v) is 3.75. The number of aromatic amines is 1. The van der Waals surface area contributed by atoms with Gasteiger partial charge in [0, 0.05) is 35.9 Å². The molecule has 0 aliphatic carbocycles. The summed E-state index contributed by atoms with van der Waals surface area (Å²) in [4.78, 5) is 5.66. The van der Waals surface area contributed by atoms with E-state index in [2.05, 4.69) is 72.4 Å². The molecule has 102 valence electrons. The van der Waals surface area contributed by atoms with Gasteiger partial charge in [-0.25, -0.2) is 0 Å². The van der Waals surface area contributed by atoms with Gasteiger partial charge in [-0.1, -0.05) is 30.3 Å². The van der Waals surface area contributed by atoms with Crippen molar-refractivity contribution < 1.29 is 0 Å². The van der Waals surface area contributed by atoms with Gasteiger partial charge in [0.2, 0.25) is 0 Å². The van der Waals surface area contributed by atoms with Crippen molar-refractivity contribution in [1.82, 2.24) is 4.98 Å². The third-order valence-electron chi connectivity index (χ3n) is 3.75. The molecule has 20 heavy (non-hydrogen) atoms. The van der Waals surface area contributed by atoms with Crippen LogP contribution in [0, 0.1) is 6.92 Å². The van der Waals surface area contributed by atoms with Crippen LogP contribution in [0.5, 0.6) is 0 Å². The predicted octanol–water partition coefficient (Wildman–Crippen LogP) is 3.70. The van der Waals surface area contributed by atoms with Crippen LogP contribution in [-0.4, -0.2) is 12.0 Å². The number of nitrogens with zero attached hydrogens (tertiary/aromatic N) is 1. The summed E-state index contributed by atoms with van der Waals surface area (Å²) < 4.78 is 0. The largest absolute Gasteiger partial charge is 0.357 e. The van der Waals surface area contributed by atoms with Gasteiger partial charge in [-0.2, -0.15) is 0 Å². The third kappa shape index (κ3) is 2.06. The van der Waals surface area contributed by atoms with Crippen molar-refractivity contribution in [3.63, 3.8) is 0 Å². The number of nitrogens with two attached hydrogens (primary N) is 1. The summed E-state index contributed by atoms with van der Waals surface area (Å²) >= 11 is 0. The van der Waals surface area contributed by atoms with Crippen LogP contribution in [0.2, 0.25) is 0 Å². The minimum Gasteiger partial charge on any atom is -0.357 e. The second-order valence-electron chi connectivity index (χ2n) is 5.07. The molecule has 0 spiro atoms. The lowest BCUT2D eigenvalue weighted by Crippen LogP contribution is -2.10. The molecule has 0 saturated carbocycles. The first-order valence-electron chi connectivity index (χ1n) is 6.80. The number of para-hydroxylation sites is 1. The Morgan fingerprint density at radius 2 is 1.75 bits per heavy atom. The summed E-state index contributed by atoms with van der Waals surface area (Å²) in [6.07, 6.45) is 0. The topological polar surface area (TPSA) is 45.0 Å². The lowest BCUT2D eigenvalue weighted by atomic mass is 10.1. The summed E-state index contributed by atoms with van der Waals surface area (Å²) in [7, 11) is 2.10. The molecule has 0 atom stereocenters. The summed E-state index contributed by atoms with van der Waals surface area (Å²) in [6, 6.07) is 16.8. The fourth-order valence-electron chi connectivity index (χ4n) is 2.68. The van der Waals surface area contributed by atoms with E-state index in [0.29, 0.717) is 6.54 Å². The summed E-state index contributed by atoms with van der Waals surface area (Å²) in [6.45, 7) is 2.69. The van der Waals surface area contributed by atoms with Gasteiger partial charge >= 0.3 is 0 Å². The van der Waals surface area contributed by atoms with Crippen molar-refractivity contribution in [3.8, 4) is 0 Å². The number of aryl methyl sites for hydroxylation is 1. The van der Waals surface area contributed by atoms with Gasteiger partial charge in [0.1, 0.15) is 0 Å². The zero-order valence-corrected chi connectivity index (χ0v) is 11.9. The Hall–Kier alpha value is -2.26. The second kappa shape index (κ2) is 5.02.